The monoisotopic (exact) mass is 422 g/mol. The zero-order valence-corrected chi connectivity index (χ0v) is 19.5. The molecule has 3 saturated heterocycles. The number of nitrogens with one attached hydrogen (secondary N) is 1. The van der Waals surface area contributed by atoms with Crippen molar-refractivity contribution in [2.24, 2.45) is 17.8 Å². The molecule has 0 radical (unpaired) electrons. The Labute approximate surface area is 182 Å². The Morgan fingerprint density at radius 1 is 1.30 bits per heavy atom. The highest BCUT2D eigenvalue weighted by Gasteiger charge is 2.71. The lowest BCUT2D eigenvalue weighted by Crippen LogP contribution is -2.53. The fraction of sp³-hybridized carbons (Fsp3) is 0.958. The third-order valence-corrected chi connectivity index (χ3v) is 8.08. The Morgan fingerprint density at radius 2 is 2.03 bits per heavy atom. The third kappa shape index (κ3) is 4.72. The quantitative estimate of drug-likeness (QED) is 0.548. The van der Waals surface area contributed by atoms with Crippen LogP contribution in [0.15, 0.2) is 0 Å². The summed E-state index contributed by atoms with van der Waals surface area (Å²) in [6.07, 6.45) is 7.69. The van der Waals surface area contributed by atoms with E-state index >= 15 is 0 Å². The van der Waals surface area contributed by atoms with Gasteiger partial charge in [-0.15, -0.1) is 0 Å². The first-order valence-corrected chi connectivity index (χ1v) is 12.2. The normalized spacial score (nSPS) is 40.8. The third-order valence-electron chi connectivity index (χ3n) is 8.08. The topological polar surface area (TPSA) is 66.6 Å². The summed E-state index contributed by atoms with van der Waals surface area (Å²) in [5.41, 5.74) is -0.276. The molecule has 6 heteroatoms. The van der Waals surface area contributed by atoms with Crippen molar-refractivity contribution in [1.29, 1.82) is 0 Å². The Morgan fingerprint density at radius 3 is 2.67 bits per heavy atom. The lowest BCUT2D eigenvalue weighted by atomic mass is 9.64. The van der Waals surface area contributed by atoms with Crippen LogP contribution < -0.4 is 5.32 Å². The Kier molecular flexibility index (Phi) is 6.79. The number of likely N-dealkylation sites (tertiary alicyclic amines) is 1. The maximum atomic E-state index is 12.7. The fourth-order valence-corrected chi connectivity index (χ4v) is 6.18. The SMILES string of the molecule is COC1C(CC(=O)NCCN2CCCC2)CCC2(CO2)C1C1(C)OC1CCC(C)C. The lowest BCUT2D eigenvalue weighted by Gasteiger charge is -2.43. The van der Waals surface area contributed by atoms with E-state index in [0.717, 1.165) is 39.0 Å². The summed E-state index contributed by atoms with van der Waals surface area (Å²) in [5, 5.41) is 3.15. The van der Waals surface area contributed by atoms with E-state index < -0.39 is 0 Å². The van der Waals surface area contributed by atoms with Gasteiger partial charge >= 0.3 is 0 Å². The lowest BCUT2D eigenvalue weighted by molar-refractivity contribution is -0.128. The van der Waals surface area contributed by atoms with Crippen LogP contribution >= 0.6 is 0 Å². The van der Waals surface area contributed by atoms with Crippen LogP contribution in [0.25, 0.3) is 0 Å². The molecular formula is C24H42N2O4. The van der Waals surface area contributed by atoms with Gasteiger partial charge in [0.2, 0.25) is 5.91 Å². The standard InChI is InChI=1S/C24H42N2O4/c1-17(2)7-8-19-23(3,30-19)22-21(28-4)18(9-10-24(22)16-29-24)15-20(27)25-11-14-26-12-5-6-13-26/h17-19,21-22H,5-16H2,1-4H3,(H,25,27). The van der Waals surface area contributed by atoms with Crippen molar-refractivity contribution in [3.63, 3.8) is 0 Å². The maximum Gasteiger partial charge on any atom is 0.220 e. The molecule has 4 rings (SSSR count). The molecular weight excluding hydrogens is 380 g/mol. The van der Waals surface area contributed by atoms with E-state index in [-0.39, 0.29) is 41.2 Å². The summed E-state index contributed by atoms with van der Waals surface area (Å²) >= 11 is 0. The van der Waals surface area contributed by atoms with Crippen LogP contribution in [0.3, 0.4) is 0 Å². The average Bonchev–Trinajstić information content (AvgIpc) is 3.55. The fourth-order valence-electron chi connectivity index (χ4n) is 6.18. The molecule has 6 nitrogen and oxygen atoms in total. The summed E-state index contributed by atoms with van der Waals surface area (Å²) in [6, 6.07) is 0. The van der Waals surface area contributed by atoms with Crippen LogP contribution in [0, 0.1) is 17.8 Å². The second-order valence-corrected chi connectivity index (χ2v) is 10.7. The van der Waals surface area contributed by atoms with Gasteiger partial charge in [-0.05, 0) is 70.4 Å². The van der Waals surface area contributed by atoms with Crippen molar-refractivity contribution in [3.8, 4) is 0 Å². The smallest absolute Gasteiger partial charge is 0.220 e. The number of hydrogen-bond donors (Lipinski definition) is 1. The second-order valence-electron chi connectivity index (χ2n) is 10.7. The van der Waals surface area contributed by atoms with Gasteiger partial charge in [-0.2, -0.15) is 0 Å². The van der Waals surface area contributed by atoms with Gasteiger partial charge in [0, 0.05) is 32.5 Å². The molecule has 1 N–H and O–H groups in total. The number of rotatable bonds is 10. The van der Waals surface area contributed by atoms with E-state index in [4.69, 9.17) is 14.2 Å². The van der Waals surface area contributed by atoms with E-state index in [2.05, 4.69) is 31.0 Å². The zero-order valence-electron chi connectivity index (χ0n) is 19.5. The maximum absolute atomic E-state index is 12.7. The van der Waals surface area contributed by atoms with E-state index in [9.17, 15) is 4.79 Å². The van der Waals surface area contributed by atoms with Crippen molar-refractivity contribution >= 4 is 5.91 Å². The van der Waals surface area contributed by atoms with Crippen LogP contribution in [-0.4, -0.2) is 74.1 Å². The summed E-state index contributed by atoms with van der Waals surface area (Å²) in [6.45, 7) is 11.6. The molecule has 3 heterocycles. The predicted molar refractivity (Wildman–Crippen MR) is 116 cm³/mol. The highest BCUT2D eigenvalue weighted by molar-refractivity contribution is 5.76. The molecule has 0 aromatic rings. The second kappa shape index (κ2) is 9.05. The van der Waals surface area contributed by atoms with Gasteiger partial charge in [-0.3, -0.25) is 4.79 Å². The predicted octanol–water partition coefficient (Wildman–Crippen LogP) is 2.99. The molecule has 172 valence electrons. The number of carbonyl (C=O) groups is 1. The number of carbonyl (C=O) groups excluding carboxylic acids is 1. The highest BCUT2D eigenvalue weighted by Crippen LogP contribution is 2.60. The first-order chi connectivity index (χ1) is 14.4. The van der Waals surface area contributed by atoms with Gasteiger partial charge in [0.05, 0.1) is 24.4 Å². The van der Waals surface area contributed by atoms with Crippen molar-refractivity contribution in [1.82, 2.24) is 10.2 Å². The van der Waals surface area contributed by atoms with E-state index in [1.54, 1.807) is 7.11 Å². The summed E-state index contributed by atoms with van der Waals surface area (Å²) < 4.78 is 18.4. The van der Waals surface area contributed by atoms with Gasteiger partial charge in [0.15, 0.2) is 0 Å². The van der Waals surface area contributed by atoms with Gasteiger partial charge in [-0.25, -0.2) is 0 Å². The van der Waals surface area contributed by atoms with Crippen LogP contribution in [-0.2, 0) is 19.0 Å². The molecule has 1 amide bonds. The Bertz CT molecular complexity index is 602. The molecule has 4 fully saturated rings. The van der Waals surface area contributed by atoms with E-state index in [1.165, 1.54) is 32.4 Å². The minimum Gasteiger partial charge on any atom is -0.381 e. The number of nitrogens with zero attached hydrogens (tertiary/aromatic N) is 1. The van der Waals surface area contributed by atoms with Crippen LogP contribution in [0.1, 0.15) is 65.7 Å². The number of epoxide rings is 2. The van der Waals surface area contributed by atoms with Crippen molar-refractivity contribution in [3.05, 3.63) is 0 Å². The van der Waals surface area contributed by atoms with Gasteiger partial charge < -0.3 is 24.4 Å². The summed E-state index contributed by atoms with van der Waals surface area (Å²) in [4.78, 5) is 15.1. The minimum absolute atomic E-state index is 0.0135. The largest absolute Gasteiger partial charge is 0.381 e. The van der Waals surface area contributed by atoms with Crippen molar-refractivity contribution < 1.29 is 19.0 Å². The average molecular weight is 423 g/mol. The zero-order chi connectivity index (χ0) is 21.4. The van der Waals surface area contributed by atoms with Crippen LogP contribution in [0.5, 0.6) is 0 Å². The van der Waals surface area contributed by atoms with Gasteiger partial charge in [0.1, 0.15) is 5.60 Å². The number of methoxy groups -OCH3 is 1. The molecule has 3 aliphatic heterocycles. The summed E-state index contributed by atoms with van der Waals surface area (Å²) in [5.74, 6) is 1.29. The molecule has 0 aromatic heterocycles. The molecule has 6 unspecified atom stereocenters. The van der Waals surface area contributed by atoms with E-state index in [1.807, 2.05) is 0 Å². The van der Waals surface area contributed by atoms with Gasteiger partial charge in [0.25, 0.3) is 0 Å². The first-order valence-electron chi connectivity index (χ1n) is 12.2. The Balaban J connectivity index is 1.34. The molecule has 6 atom stereocenters. The Hall–Kier alpha value is -0.690. The molecule has 4 aliphatic rings. The number of hydrogen-bond acceptors (Lipinski definition) is 5. The summed E-state index contributed by atoms with van der Waals surface area (Å²) in [7, 11) is 1.80. The highest BCUT2D eigenvalue weighted by atomic mass is 16.6. The van der Waals surface area contributed by atoms with Crippen molar-refractivity contribution in [2.45, 2.75) is 89.1 Å². The molecule has 30 heavy (non-hydrogen) atoms. The van der Waals surface area contributed by atoms with Crippen LogP contribution in [0.4, 0.5) is 0 Å². The molecule has 0 aromatic carbocycles. The molecule has 1 aliphatic carbocycles. The first kappa shape index (κ1) is 22.5. The molecule has 0 bridgehead atoms. The number of ether oxygens (including phenoxy) is 3. The van der Waals surface area contributed by atoms with Gasteiger partial charge in [-0.1, -0.05) is 13.8 Å². The van der Waals surface area contributed by atoms with Crippen LogP contribution in [0.2, 0.25) is 0 Å². The molecule has 1 spiro atoms. The minimum atomic E-state index is -0.184. The van der Waals surface area contributed by atoms with E-state index in [0.29, 0.717) is 12.3 Å². The number of amides is 1. The molecule has 1 saturated carbocycles. The van der Waals surface area contributed by atoms with Crippen molar-refractivity contribution in [2.75, 3.05) is 39.9 Å².